The fraction of sp³-hybridized carbons (Fsp3) is 0.588. The highest BCUT2D eigenvalue weighted by Crippen LogP contribution is 2.26. The molecule has 1 heterocycles. The highest BCUT2D eigenvalue weighted by molar-refractivity contribution is 5.97. The van der Waals surface area contributed by atoms with Crippen molar-refractivity contribution in [3.8, 4) is 11.5 Å². The number of carbonyl (C=O) groups is 1. The minimum absolute atomic E-state index is 0.0621. The van der Waals surface area contributed by atoms with E-state index in [1.165, 1.54) is 14.2 Å². The number of methoxy groups -OCH3 is 2. The lowest BCUT2D eigenvalue weighted by atomic mass is 10.1. The molecule has 1 atom stereocenters. The summed E-state index contributed by atoms with van der Waals surface area (Å²) in [5.74, 6) is 0.763. The van der Waals surface area contributed by atoms with Gasteiger partial charge in [0.2, 0.25) is 0 Å². The molecule has 2 rings (SSSR count). The minimum atomic E-state index is -4.39. The van der Waals surface area contributed by atoms with E-state index in [0.29, 0.717) is 43.2 Å². The SMILES string of the molecule is COc1ccc(C(=O)N2CCN(CC(O)CC(F)(F)F)CC2)c(OC)c1. The number of piperazine rings is 1. The molecule has 146 valence electrons. The summed E-state index contributed by atoms with van der Waals surface area (Å²) >= 11 is 0. The van der Waals surface area contributed by atoms with Crippen LogP contribution >= 0.6 is 0 Å². The average Bonchev–Trinajstić information content (AvgIpc) is 2.59. The van der Waals surface area contributed by atoms with Crippen molar-refractivity contribution in [2.75, 3.05) is 46.9 Å². The van der Waals surface area contributed by atoms with Crippen molar-refractivity contribution in [1.29, 1.82) is 0 Å². The molecule has 0 radical (unpaired) electrons. The van der Waals surface area contributed by atoms with Crippen LogP contribution in [0.2, 0.25) is 0 Å². The first-order valence-electron chi connectivity index (χ1n) is 8.22. The summed E-state index contributed by atoms with van der Waals surface area (Å²) in [5.41, 5.74) is 0.402. The Morgan fingerprint density at radius 1 is 1.19 bits per heavy atom. The number of amides is 1. The van der Waals surface area contributed by atoms with Crippen molar-refractivity contribution in [2.24, 2.45) is 0 Å². The Labute approximate surface area is 150 Å². The summed E-state index contributed by atoms with van der Waals surface area (Å²) in [6.07, 6.45) is -7.07. The molecule has 0 aliphatic carbocycles. The molecule has 9 heteroatoms. The van der Waals surface area contributed by atoms with E-state index in [0.717, 1.165) is 0 Å². The number of benzene rings is 1. The van der Waals surface area contributed by atoms with Crippen molar-refractivity contribution in [3.05, 3.63) is 23.8 Å². The standard InChI is InChI=1S/C17H23F3N2O4/c1-25-13-3-4-14(15(9-13)26-2)16(24)22-7-5-21(6-8-22)11-12(23)10-17(18,19)20/h3-4,9,12,23H,5-8,10-11H2,1-2H3. The summed E-state index contributed by atoms with van der Waals surface area (Å²) in [7, 11) is 2.98. The first kappa shape index (κ1) is 20.3. The summed E-state index contributed by atoms with van der Waals surface area (Å²) in [5, 5.41) is 9.54. The van der Waals surface area contributed by atoms with Gasteiger partial charge in [-0.3, -0.25) is 9.69 Å². The van der Waals surface area contributed by atoms with Crippen LogP contribution in [0.4, 0.5) is 13.2 Å². The van der Waals surface area contributed by atoms with Crippen molar-refractivity contribution in [3.63, 3.8) is 0 Å². The molecule has 0 bridgehead atoms. The van der Waals surface area contributed by atoms with Crippen LogP contribution in [-0.2, 0) is 0 Å². The second-order valence-electron chi connectivity index (χ2n) is 6.13. The van der Waals surface area contributed by atoms with Crippen LogP contribution in [0.3, 0.4) is 0 Å². The number of ether oxygens (including phenoxy) is 2. The van der Waals surface area contributed by atoms with Crippen LogP contribution < -0.4 is 9.47 Å². The van der Waals surface area contributed by atoms with Gasteiger partial charge in [0.05, 0.1) is 32.3 Å². The van der Waals surface area contributed by atoms with Crippen LogP contribution in [0.15, 0.2) is 18.2 Å². The van der Waals surface area contributed by atoms with Gasteiger partial charge < -0.3 is 19.5 Å². The summed E-state index contributed by atoms with van der Waals surface area (Å²) in [6, 6.07) is 4.91. The second kappa shape index (κ2) is 8.59. The van der Waals surface area contributed by atoms with E-state index < -0.39 is 18.7 Å². The van der Waals surface area contributed by atoms with Gasteiger partial charge in [0.1, 0.15) is 11.5 Å². The average molecular weight is 376 g/mol. The van der Waals surface area contributed by atoms with Crippen LogP contribution in [0.5, 0.6) is 11.5 Å². The molecule has 1 N–H and O–H groups in total. The molecule has 0 saturated carbocycles. The van der Waals surface area contributed by atoms with E-state index in [1.54, 1.807) is 28.0 Å². The van der Waals surface area contributed by atoms with Gasteiger partial charge in [0.25, 0.3) is 5.91 Å². The maximum atomic E-state index is 12.7. The van der Waals surface area contributed by atoms with Gasteiger partial charge in [-0.2, -0.15) is 13.2 Å². The maximum absolute atomic E-state index is 12.7. The van der Waals surface area contributed by atoms with Crippen molar-refractivity contribution >= 4 is 5.91 Å². The predicted molar refractivity (Wildman–Crippen MR) is 88.6 cm³/mol. The number of rotatable bonds is 6. The minimum Gasteiger partial charge on any atom is -0.497 e. The zero-order valence-electron chi connectivity index (χ0n) is 14.8. The van der Waals surface area contributed by atoms with E-state index in [2.05, 4.69) is 0 Å². The third-order valence-electron chi connectivity index (χ3n) is 4.23. The van der Waals surface area contributed by atoms with Crippen molar-refractivity contribution in [1.82, 2.24) is 9.80 Å². The van der Waals surface area contributed by atoms with E-state index in [-0.39, 0.29) is 12.5 Å². The number of β-amino-alcohol motifs (C(OH)–C–C–N with tert-alkyl or cyclic N) is 1. The molecule has 1 amide bonds. The number of carbonyl (C=O) groups excluding carboxylic acids is 1. The molecule has 0 aromatic heterocycles. The molecule has 0 spiro atoms. The van der Waals surface area contributed by atoms with Crippen LogP contribution in [0.25, 0.3) is 0 Å². The fourth-order valence-electron chi connectivity index (χ4n) is 2.91. The van der Waals surface area contributed by atoms with E-state index in [9.17, 15) is 23.1 Å². The highest BCUT2D eigenvalue weighted by atomic mass is 19.4. The van der Waals surface area contributed by atoms with Crippen molar-refractivity contribution < 1.29 is 32.5 Å². The number of hydrogen-bond acceptors (Lipinski definition) is 5. The van der Waals surface area contributed by atoms with Crippen molar-refractivity contribution in [2.45, 2.75) is 18.7 Å². The predicted octanol–water partition coefficient (Wildman–Crippen LogP) is 1.77. The Morgan fingerprint density at radius 2 is 1.85 bits per heavy atom. The normalized spacial score (nSPS) is 17.1. The number of aliphatic hydroxyl groups excluding tert-OH is 1. The third-order valence-corrected chi connectivity index (χ3v) is 4.23. The van der Waals surface area contributed by atoms with Gasteiger partial charge in [-0.05, 0) is 12.1 Å². The Morgan fingerprint density at radius 3 is 2.38 bits per heavy atom. The Kier molecular flexibility index (Phi) is 6.71. The van der Waals surface area contributed by atoms with Crippen LogP contribution in [0.1, 0.15) is 16.8 Å². The lowest BCUT2D eigenvalue weighted by molar-refractivity contribution is -0.155. The number of hydrogen-bond donors (Lipinski definition) is 1. The quantitative estimate of drug-likeness (QED) is 0.820. The molecular formula is C17H23F3N2O4. The summed E-state index contributed by atoms with van der Waals surface area (Å²) < 4.78 is 47.2. The molecular weight excluding hydrogens is 353 g/mol. The third kappa shape index (κ3) is 5.50. The van der Waals surface area contributed by atoms with Gasteiger partial charge in [-0.25, -0.2) is 0 Å². The van der Waals surface area contributed by atoms with Gasteiger partial charge in [0.15, 0.2) is 0 Å². The smallest absolute Gasteiger partial charge is 0.391 e. The lowest BCUT2D eigenvalue weighted by Crippen LogP contribution is -2.50. The van der Waals surface area contributed by atoms with Crippen LogP contribution in [0, 0.1) is 0 Å². The topological polar surface area (TPSA) is 62.2 Å². The number of alkyl halides is 3. The van der Waals surface area contributed by atoms with Gasteiger partial charge >= 0.3 is 6.18 Å². The van der Waals surface area contributed by atoms with E-state index in [4.69, 9.17) is 9.47 Å². The molecule has 1 aromatic rings. The molecule has 6 nitrogen and oxygen atoms in total. The van der Waals surface area contributed by atoms with Crippen LogP contribution in [-0.4, -0.2) is 80.0 Å². The van der Waals surface area contributed by atoms with E-state index in [1.807, 2.05) is 0 Å². The molecule has 26 heavy (non-hydrogen) atoms. The van der Waals surface area contributed by atoms with Gasteiger partial charge in [-0.15, -0.1) is 0 Å². The zero-order chi connectivity index (χ0) is 19.3. The number of aliphatic hydroxyl groups is 1. The molecule has 1 fully saturated rings. The Balaban J connectivity index is 1.92. The number of halogens is 3. The Hall–Kier alpha value is -2.00. The first-order valence-corrected chi connectivity index (χ1v) is 8.22. The first-order chi connectivity index (χ1) is 12.2. The molecule has 1 aliphatic heterocycles. The molecule has 1 aliphatic rings. The monoisotopic (exact) mass is 376 g/mol. The summed E-state index contributed by atoms with van der Waals surface area (Å²) in [4.78, 5) is 16.0. The van der Waals surface area contributed by atoms with E-state index >= 15 is 0 Å². The molecule has 1 unspecified atom stereocenters. The fourth-order valence-corrected chi connectivity index (χ4v) is 2.91. The van der Waals surface area contributed by atoms with Gasteiger partial charge in [0, 0.05) is 38.8 Å². The highest BCUT2D eigenvalue weighted by Gasteiger charge is 2.32. The largest absolute Gasteiger partial charge is 0.497 e. The molecule has 1 saturated heterocycles. The molecule has 1 aromatic carbocycles. The maximum Gasteiger partial charge on any atom is 0.391 e. The lowest BCUT2D eigenvalue weighted by Gasteiger charge is -2.36. The van der Waals surface area contributed by atoms with Gasteiger partial charge in [-0.1, -0.05) is 0 Å². The zero-order valence-corrected chi connectivity index (χ0v) is 14.8. The number of nitrogens with zero attached hydrogens (tertiary/aromatic N) is 2. The second-order valence-corrected chi connectivity index (χ2v) is 6.13. The Bertz CT molecular complexity index is 617. The summed E-state index contributed by atoms with van der Waals surface area (Å²) in [6.45, 7) is 1.48.